The van der Waals surface area contributed by atoms with Crippen LogP contribution in [0.3, 0.4) is 0 Å². The molecule has 1 aromatic rings. The number of aryl methyl sites for hydroxylation is 1. The van der Waals surface area contributed by atoms with Gasteiger partial charge in [-0.05, 0) is 18.3 Å². The molecule has 94 valence electrons. The van der Waals surface area contributed by atoms with Crippen molar-refractivity contribution in [3.63, 3.8) is 0 Å². The molecule has 0 aliphatic carbocycles. The van der Waals surface area contributed by atoms with E-state index < -0.39 is 6.10 Å². The first-order valence-electron chi connectivity index (χ1n) is 5.72. The maximum atomic E-state index is 10.8. The molecule has 0 fully saturated rings. The van der Waals surface area contributed by atoms with Gasteiger partial charge >= 0.3 is 0 Å². The molecular weight excluding hydrogens is 218 g/mol. The van der Waals surface area contributed by atoms with Crippen molar-refractivity contribution in [2.75, 3.05) is 0 Å². The van der Waals surface area contributed by atoms with Gasteiger partial charge in [-0.3, -0.25) is 10.1 Å². The Morgan fingerprint density at radius 3 is 2.47 bits per heavy atom. The zero-order valence-electron chi connectivity index (χ0n) is 10.5. The van der Waals surface area contributed by atoms with Crippen LogP contribution in [0.5, 0.6) is 0 Å². The molecule has 17 heavy (non-hydrogen) atoms. The minimum absolute atomic E-state index is 0.133. The van der Waals surface area contributed by atoms with Crippen LogP contribution < -0.4 is 0 Å². The quantitative estimate of drug-likeness (QED) is 0.646. The summed E-state index contributed by atoms with van der Waals surface area (Å²) in [5, 5.41) is 20.7. The number of aliphatic hydroxyl groups excluding tert-OH is 1. The van der Waals surface area contributed by atoms with E-state index in [1.165, 1.54) is 6.07 Å². The lowest BCUT2D eigenvalue weighted by Gasteiger charge is -2.25. The maximum absolute atomic E-state index is 10.8. The summed E-state index contributed by atoms with van der Waals surface area (Å²) in [5.41, 5.74) is 0.623. The molecule has 1 unspecified atom stereocenters. The largest absolute Gasteiger partial charge is 0.393 e. The summed E-state index contributed by atoms with van der Waals surface area (Å²) in [4.78, 5) is 10.4. The normalized spacial score (nSPS) is 13.4. The molecule has 0 spiro atoms. The average Bonchev–Trinajstić information content (AvgIpc) is 2.24. The van der Waals surface area contributed by atoms with E-state index in [-0.39, 0.29) is 16.0 Å². The Morgan fingerprint density at radius 1 is 1.35 bits per heavy atom. The fraction of sp³-hybridized carbons (Fsp3) is 0.538. The van der Waals surface area contributed by atoms with Crippen LogP contribution in [-0.2, 0) is 6.42 Å². The number of nitro benzene ring substituents is 1. The van der Waals surface area contributed by atoms with Crippen molar-refractivity contribution in [3.8, 4) is 0 Å². The van der Waals surface area contributed by atoms with Crippen LogP contribution in [0.4, 0.5) is 5.69 Å². The first-order valence-corrected chi connectivity index (χ1v) is 5.72. The minimum Gasteiger partial charge on any atom is -0.393 e. The Hall–Kier alpha value is -1.42. The lowest BCUT2D eigenvalue weighted by Crippen LogP contribution is -2.26. The number of benzene rings is 1. The third kappa shape index (κ3) is 3.82. The number of aliphatic hydroxyl groups is 1. The first-order chi connectivity index (χ1) is 7.82. The van der Waals surface area contributed by atoms with E-state index in [4.69, 9.17) is 0 Å². The molecule has 0 heterocycles. The summed E-state index contributed by atoms with van der Waals surface area (Å²) < 4.78 is 0. The number of hydrogen-bond acceptors (Lipinski definition) is 3. The molecule has 0 bridgehead atoms. The van der Waals surface area contributed by atoms with Crippen molar-refractivity contribution in [1.82, 2.24) is 0 Å². The van der Waals surface area contributed by atoms with E-state index in [1.54, 1.807) is 18.2 Å². The lowest BCUT2D eigenvalue weighted by molar-refractivity contribution is -0.385. The van der Waals surface area contributed by atoms with Gasteiger partial charge < -0.3 is 5.11 Å². The summed E-state index contributed by atoms with van der Waals surface area (Å²) >= 11 is 0. The number of nitrogens with zero attached hydrogens (tertiary/aromatic N) is 1. The van der Waals surface area contributed by atoms with Gasteiger partial charge in [0.25, 0.3) is 5.69 Å². The molecule has 1 atom stereocenters. The first kappa shape index (κ1) is 13.6. The third-order valence-corrected chi connectivity index (χ3v) is 2.88. The molecule has 0 aliphatic heterocycles. The van der Waals surface area contributed by atoms with Crippen molar-refractivity contribution in [3.05, 3.63) is 39.9 Å². The summed E-state index contributed by atoms with van der Waals surface area (Å²) in [6, 6.07) is 6.68. The number of para-hydroxylation sites is 1. The molecular formula is C13H19NO3. The smallest absolute Gasteiger partial charge is 0.272 e. The van der Waals surface area contributed by atoms with Gasteiger partial charge in [0.1, 0.15) is 0 Å². The van der Waals surface area contributed by atoms with Gasteiger partial charge in [-0.15, -0.1) is 0 Å². The van der Waals surface area contributed by atoms with Gasteiger partial charge in [0.2, 0.25) is 0 Å². The summed E-state index contributed by atoms with van der Waals surface area (Å²) in [6.45, 7) is 5.87. The predicted molar refractivity (Wildman–Crippen MR) is 66.9 cm³/mol. The molecule has 0 radical (unpaired) electrons. The SMILES string of the molecule is CC(C)(C)C(O)CCc1ccccc1[N+](=O)[O-]. The number of hydrogen-bond donors (Lipinski definition) is 1. The van der Waals surface area contributed by atoms with Crippen LogP contribution in [0, 0.1) is 15.5 Å². The van der Waals surface area contributed by atoms with Crippen molar-refractivity contribution in [1.29, 1.82) is 0 Å². The van der Waals surface area contributed by atoms with E-state index in [0.717, 1.165) is 0 Å². The summed E-state index contributed by atoms with van der Waals surface area (Å²) in [5.74, 6) is 0. The molecule has 4 nitrogen and oxygen atoms in total. The van der Waals surface area contributed by atoms with E-state index in [2.05, 4.69) is 0 Å². The Morgan fingerprint density at radius 2 is 1.94 bits per heavy atom. The van der Waals surface area contributed by atoms with Crippen LogP contribution in [0.2, 0.25) is 0 Å². The Labute approximate surface area is 101 Å². The number of rotatable bonds is 4. The second-order valence-corrected chi connectivity index (χ2v) is 5.31. The fourth-order valence-electron chi connectivity index (χ4n) is 1.63. The van der Waals surface area contributed by atoms with Gasteiger partial charge in [0.15, 0.2) is 0 Å². The summed E-state index contributed by atoms with van der Waals surface area (Å²) in [7, 11) is 0. The van der Waals surface area contributed by atoms with Crippen LogP contribution in [-0.4, -0.2) is 16.1 Å². The zero-order valence-corrected chi connectivity index (χ0v) is 10.5. The molecule has 1 aromatic carbocycles. The Kier molecular flexibility index (Phi) is 4.23. The highest BCUT2D eigenvalue weighted by molar-refractivity contribution is 5.39. The van der Waals surface area contributed by atoms with Crippen LogP contribution >= 0.6 is 0 Å². The maximum Gasteiger partial charge on any atom is 0.272 e. The monoisotopic (exact) mass is 237 g/mol. The highest BCUT2D eigenvalue weighted by Crippen LogP contribution is 2.25. The average molecular weight is 237 g/mol. The topological polar surface area (TPSA) is 63.4 Å². The predicted octanol–water partition coefficient (Wildman–Crippen LogP) is 2.93. The standard InChI is InChI=1S/C13H19NO3/c1-13(2,3)12(15)9-8-10-6-4-5-7-11(10)14(16)17/h4-7,12,15H,8-9H2,1-3H3. The molecule has 0 aromatic heterocycles. The van der Waals surface area contributed by atoms with Crippen LogP contribution in [0.15, 0.2) is 24.3 Å². The van der Waals surface area contributed by atoms with Gasteiger partial charge in [-0.25, -0.2) is 0 Å². The van der Waals surface area contributed by atoms with Gasteiger partial charge in [0.05, 0.1) is 11.0 Å². The fourth-order valence-corrected chi connectivity index (χ4v) is 1.63. The van der Waals surface area contributed by atoms with Gasteiger partial charge in [0, 0.05) is 11.6 Å². The van der Waals surface area contributed by atoms with E-state index in [0.29, 0.717) is 18.4 Å². The highest BCUT2D eigenvalue weighted by atomic mass is 16.6. The van der Waals surface area contributed by atoms with Crippen molar-refractivity contribution in [2.45, 2.75) is 39.7 Å². The molecule has 4 heteroatoms. The zero-order chi connectivity index (χ0) is 13.1. The summed E-state index contributed by atoms with van der Waals surface area (Å²) in [6.07, 6.45) is 0.603. The third-order valence-electron chi connectivity index (χ3n) is 2.88. The lowest BCUT2D eigenvalue weighted by atomic mass is 9.85. The second kappa shape index (κ2) is 5.27. The molecule has 0 saturated heterocycles. The van der Waals surface area contributed by atoms with Crippen LogP contribution in [0.1, 0.15) is 32.8 Å². The van der Waals surface area contributed by atoms with Gasteiger partial charge in [-0.2, -0.15) is 0 Å². The van der Waals surface area contributed by atoms with Crippen molar-refractivity contribution >= 4 is 5.69 Å². The molecule has 0 aliphatic rings. The molecule has 1 rings (SSSR count). The molecule has 0 amide bonds. The Balaban J connectivity index is 2.73. The van der Waals surface area contributed by atoms with Crippen molar-refractivity contribution in [2.24, 2.45) is 5.41 Å². The number of nitro groups is 1. The highest BCUT2D eigenvalue weighted by Gasteiger charge is 2.23. The Bertz CT molecular complexity index is 396. The van der Waals surface area contributed by atoms with E-state index in [1.807, 2.05) is 20.8 Å². The molecule has 1 N–H and O–H groups in total. The van der Waals surface area contributed by atoms with Gasteiger partial charge in [-0.1, -0.05) is 39.0 Å². The minimum atomic E-state index is -0.456. The van der Waals surface area contributed by atoms with Crippen LogP contribution in [0.25, 0.3) is 0 Å². The van der Waals surface area contributed by atoms with E-state index >= 15 is 0 Å². The molecule has 0 saturated carbocycles. The second-order valence-electron chi connectivity index (χ2n) is 5.31. The van der Waals surface area contributed by atoms with Crippen molar-refractivity contribution < 1.29 is 10.0 Å². The van der Waals surface area contributed by atoms with E-state index in [9.17, 15) is 15.2 Å².